The van der Waals surface area contributed by atoms with E-state index in [1.807, 2.05) is 6.07 Å². The Labute approximate surface area is 91.3 Å². The average molecular weight is 227 g/mol. The number of aliphatic hydroxyl groups is 1. The molecule has 1 aromatic carbocycles. The zero-order chi connectivity index (χ0) is 12.2. The SMILES string of the molecule is N#Cc1ccc(NCC(F)(F)CO)cc1N. The van der Waals surface area contributed by atoms with E-state index in [0.29, 0.717) is 11.3 Å². The minimum Gasteiger partial charge on any atom is -0.398 e. The highest BCUT2D eigenvalue weighted by molar-refractivity contribution is 5.62. The molecule has 0 saturated carbocycles. The molecule has 0 aliphatic carbocycles. The second-order valence-corrected chi connectivity index (χ2v) is 3.28. The van der Waals surface area contributed by atoms with Crippen LogP contribution in [0.4, 0.5) is 20.2 Å². The lowest BCUT2D eigenvalue weighted by Gasteiger charge is -2.15. The molecule has 0 saturated heterocycles. The van der Waals surface area contributed by atoms with Crippen LogP contribution in [0.1, 0.15) is 5.56 Å². The van der Waals surface area contributed by atoms with E-state index in [4.69, 9.17) is 16.1 Å². The van der Waals surface area contributed by atoms with E-state index in [1.54, 1.807) is 0 Å². The molecule has 0 bridgehead atoms. The predicted octanol–water partition coefficient (Wildman–Crippen LogP) is 1.18. The minimum atomic E-state index is -3.18. The molecule has 1 rings (SSSR count). The summed E-state index contributed by atoms with van der Waals surface area (Å²) in [6.07, 6.45) is 0. The lowest BCUT2D eigenvalue weighted by atomic mass is 10.2. The highest BCUT2D eigenvalue weighted by atomic mass is 19.3. The Balaban J connectivity index is 2.70. The van der Waals surface area contributed by atoms with Crippen molar-refractivity contribution in [1.82, 2.24) is 0 Å². The Kier molecular flexibility index (Phi) is 3.64. The number of benzene rings is 1. The van der Waals surface area contributed by atoms with Gasteiger partial charge in [-0.2, -0.15) is 5.26 Å². The van der Waals surface area contributed by atoms with Crippen LogP contribution in [-0.4, -0.2) is 24.2 Å². The zero-order valence-corrected chi connectivity index (χ0v) is 8.37. The van der Waals surface area contributed by atoms with Crippen molar-refractivity contribution in [2.24, 2.45) is 0 Å². The average Bonchev–Trinajstić information content (AvgIpc) is 2.27. The Morgan fingerprint density at radius 1 is 1.50 bits per heavy atom. The summed E-state index contributed by atoms with van der Waals surface area (Å²) in [5, 5.41) is 19.4. The lowest BCUT2D eigenvalue weighted by molar-refractivity contribution is -0.0372. The first kappa shape index (κ1) is 12.2. The molecule has 1 aromatic rings. The second kappa shape index (κ2) is 4.77. The molecule has 0 radical (unpaired) electrons. The highest BCUT2D eigenvalue weighted by Gasteiger charge is 2.27. The van der Waals surface area contributed by atoms with E-state index in [-0.39, 0.29) is 5.69 Å². The van der Waals surface area contributed by atoms with E-state index < -0.39 is 19.1 Å². The first-order valence-electron chi connectivity index (χ1n) is 4.51. The molecule has 0 fully saturated rings. The topological polar surface area (TPSA) is 82.1 Å². The number of rotatable bonds is 4. The van der Waals surface area contributed by atoms with Gasteiger partial charge in [-0.05, 0) is 18.2 Å². The number of nitrogens with zero attached hydrogens (tertiary/aromatic N) is 1. The lowest BCUT2D eigenvalue weighted by Crippen LogP contribution is -2.31. The van der Waals surface area contributed by atoms with Gasteiger partial charge in [0.25, 0.3) is 5.92 Å². The Morgan fingerprint density at radius 2 is 2.19 bits per heavy atom. The summed E-state index contributed by atoms with van der Waals surface area (Å²) in [6.45, 7) is -1.90. The van der Waals surface area contributed by atoms with Crippen LogP contribution in [0, 0.1) is 11.3 Å². The summed E-state index contributed by atoms with van der Waals surface area (Å²) in [6, 6.07) is 6.17. The van der Waals surface area contributed by atoms with Crippen LogP contribution in [0.15, 0.2) is 18.2 Å². The van der Waals surface area contributed by atoms with Crippen molar-refractivity contribution >= 4 is 11.4 Å². The molecule has 0 aliphatic rings. The molecule has 0 amide bonds. The number of nitriles is 1. The monoisotopic (exact) mass is 227 g/mol. The van der Waals surface area contributed by atoms with E-state index in [9.17, 15) is 8.78 Å². The number of halogens is 2. The second-order valence-electron chi connectivity index (χ2n) is 3.28. The molecule has 0 atom stereocenters. The van der Waals surface area contributed by atoms with Crippen LogP contribution in [0.2, 0.25) is 0 Å². The van der Waals surface area contributed by atoms with Gasteiger partial charge in [-0.1, -0.05) is 0 Å². The maximum absolute atomic E-state index is 12.7. The van der Waals surface area contributed by atoms with Crippen molar-refractivity contribution in [3.8, 4) is 6.07 Å². The summed E-state index contributed by atoms with van der Waals surface area (Å²) in [4.78, 5) is 0. The van der Waals surface area contributed by atoms with Crippen LogP contribution in [-0.2, 0) is 0 Å². The van der Waals surface area contributed by atoms with Gasteiger partial charge in [-0.25, -0.2) is 8.78 Å². The summed E-state index contributed by atoms with van der Waals surface area (Å²) in [5.74, 6) is -3.18. The number of hydrogen-bond donors (Lipinski definition) is 3. The first-order chi connectivity index (χ1) is 7.48. The Hall–Kier alpha value is -1.87. The van der Waals surface area contributed by atoms with Crippen LogP contribution >= 0.6 is 0 Å². The number of alkyl halides is 2. The summed E-state index contributed by atoms with van der Waals surface area (Å²) >= 11 is 0. The quantitative estimate of drug-likeness (QED) is 0.674. The molecule has 0 heterocycles. The number of nitrogen functional groups attached to an aromatic ring is 1. The van der Waals surface area contributed by atoms with E-state index in [1.165, 1.54) is 18.2 Å². The van der Waals surface area contributed by atoms with Gasteiger partial charge in [0.15, 0.2) is 0 Å². The van der Waals surface area contributed by atoms with Gasteiger partial charge in [0.05, 0.1) is 17.8 Å². The van der Waals surface area contributed by atoms with Gasteiger partial charge in [-0.3, -0.25) is 0 Å². The zero-order valence-electron chi connectivity index (χ0n) is 8.37. The van der Waals surface area contributed by atoms with Gasteiger partial charge < -0.3 is 16.2 Å². The molecule has 86 valence electrons. The number of nitrogens with two attached hydrogens (primary N) is 1. The fraction of sp³-hybridized carbons (Fsp3) is 0.300. The van der Waals surface area contributed by atoms with Crippen molar-refractivity contribution in [3.05, 3.63) is 23.8 Å². The Morgan fingerprint density at radius 3 is 2.69 bits per heavy atom. The molecular weight excluding hydrogens is 216 g/mol. The number of anilines is 2. The first-order valence-corrected chi connectivity index (χ1v) is 4.51. The molecule has 0 aromatic heterocycles. The molecular formula is C10H11F2N3O. The smallest absolute Gasteiger partial charge is 0.287 e. The fourth-order valence-corrected chi connectivity index (χ4v) is 1.06. The molecule has 0 aliphatic heterocycles. The van der Waals surface area contributed by atoms with Crippen molar-refractivity contribution in [2.75, 3.05) is 24.2 Å². The van der Waals surface area contributed by atoms with Gasteiger partial charge in [0, 0.05) is 5.69 Å². The van der Waals surface area contributed by atoms with Crippen molar-refractivity contribution in [2.45, 2.75) is 5.92 Å². The summed E-state index contributed by atoms with van der Waals surface area (Å²) < 4.78 is 25.4. The molecule has 16 heavy (non-hydrogen) atoms. The van der Waals surface area contributed by atoms with Crippen LogP contribution in [0.5, 0.6) is 0 Å². The van der Waals surface area contributed by atoms with Gasteiger partial charge in [-0.15, -0.1) is 0 Å². The number of nitrogens with one attached hydrogen (secondary N) is 1. The van der Waals surface area contributed by atoms with Crippen LogP contribution in [0.25, 0.3) is 0 Å². The standard InChI is InChI=1S/C10H11F2N3O/c11-10(12,6-16)5-15-8-2-1-7(4-13)9(14)3-8/h1-3,15-16H,5-6,14H2. The highest BCUT2D eigenvalue weighted by Crippen LogP contribution is 2.19. The van der Waals surface area contributed by atoms with E-state index >= 15 is 0 Å². The van der Waals surface area contributed by atoms with Crippen molar-refractivity contribution in [3.63, 3.8) is 0 Å². The maximum Gasteiger partial charge on any atom is 0.287 e. The normalized spacial score (nSPS) is 10.9. The molecule has 0 unspecified atom stereocenters. The maximum atomic E-state index is 12.7. The predicted molar refractivity (Wildman–Crippen MR) is 56.1 cm³/mol. The molecule has 0 spiro atoms. The third kappa shape index (κ3) is 3.07. The summed E-state index contributed by atoms with van der Waals surface area (Å²) in [5.41, 5.74) is 6.40. The van der Waals surface area contributed by atoms with E-state index in [2.05, 4.69) is 5.32 Å². The Bertz CT molecular complexity index is 415. The van der Waals surface area contributed by atoms with Gasteiger partial charge in [0.1, 0.15) is 12.7 Å². The van der Waals surface area contributed by atoms with Crippen LogP contribution < -0.4 is 11.1 Å². The van der Waals surface area contributed by atoms with Gasteiger partial charge >= 0.3 is 0 Å². The number of aliphatic hydroxyl groups excluding tert-OH is 1. The number of hydrogen-bond acceptors (Lipinski definition) is 4. The van der Waals surface area contributed by atoms with Crippen molar-refractivity contribution in [1.29, 1.82) is 5.26 Å². The largest absolute Gasteiger partial charge is 0.398 e. The van der Waals surface area contributed by atoms with E-state index in [0.717, 1.165) is 0 Å². The third-order valence-electron chi connectivity index (χ3n) is 1.95. The molecule has 6 heteroatoms. The molecule has 4 nitrogen and oxygen atoms in total. The third-order valence-corrected chi connectivity index (χ3v) is 1.95. The fourth-order valence-electron chi connectivity index (χ4n) is 1.06. The minimum absolute atomic E-state index is 0.222. The van der Waals surface area contributed by atoms with Crippen LogP contribution in [0.3, 0.4) is 0 Å². The summed E-state index contributed by atoms with van der Waals surface area (Å²) in [7, 11) is 0. The van der Waals surface area contributed by atoms with Crippen molar-refractivity contribution < 1.29 is 13.9 Å². The van der Waals surface area contributed by atoms with Gasteiger partial charge in [0.2, 0.25) is 0 Å². The molecule has 4 N–H and O–H groups in total.